The minimum absolute atomic E-state index is 0.0587. The summed E-state index contributed by atoms with van der Waals surface area (Å²) in [5, 5.41) is 0. The molecule has 1 atom stereocenters. The lowest BCUT2D eigenvalue weighted by Crippen LogP contribution is -2.28. The lowest BCUT2D eigenvalue weighted by atomic mass is 9.87. The smallest absolute Gasteiger partial charge is 0.189 e. The Morgan fingerprint density at radius 2 is 1.74 bits per heavy atom. The number of methoxy groups -OCH3 is 3. The van der Waals surface area contributed by atoms with Crippen molar-refractivity contribution in [2.75, 3.05) is 27.9 Å². The van der Waals surface area contributed by atoms with Gasteiger partial charge in [0, 0.05) is 23.1 Å². The Labute approximate surface area is 223 Å². The summed E-state index contributed by atoms with van der Waals surface area (Å²) in [6.07, 6.45) is 8.25. The fourth-order valence-electron chi connectivity index (χ4n) is 5.02. The van der Waals surface area contributed by atoms with Crippen LogP contribution in [0.15, 0.2) is 60.7 Å². The molecule has 6 heteroatoms. The van der Waals surface area contributed by atoms with Gasteiger partial charge in [-0.1, -0.05) is 18.2 Å². The summed E-state index contributed by atoms with van der Waals surface area (Å²) in [6, 6.07) is 15.2. The highest BCUT2D eigenvalue weighted by Gasteiger charge is 2.30. The van der Waals surface area contributed by atoms with E-state index in [2.05, 4.69) is 18.2 Å². The second-order valence-electron chi connectivity index (χ2n) is 9.95. The first-order valence-corrected chi connectivity index (χ1v) is 12.6. The minimum atomic E-state index is -0.341. The molecule has 2 heterocycles. The van der Waals surface area contributed by atoms with E-state index >= 15 is 0 Å². The van der Waals surface area contributed by atoms with Gasteiger partial charge in [0.25, 0.3) is 0 Å². The van der Waals surface area contributed by atoms with E-state index in [1.165, 1.54) is 0 Å². The summed E-state index contributed by atoms with van der Waals surface area (Å²) in [6.45, 7) is 4.57. The number of carbonyl (C=O) groups excluding carboxylic acids is 1. The van der Waals surface area contributed by atoms with E-state index in [1.807, 2.05) is 44.2 Å². The van der Waals surface area contributed by atoms with Crippen LogP contribution >= 0.6 is 0 Å². The largest absolute Gasteiger partial charge is 0.496 e. The highest BCUT2D eigenvalue weighted by molar-refractivity contribution is 6.08. The fourth-order valence-corrected chi connectivity index (χ4v) is 5.02. The zero-order valence-corrected chi connectivity index (χ0v) is 22.4. The van der Waals surface area contributed by atoms with Crippen LogP contribution in [0.1, 0.15) is 52.4 Å². The van der Waals surface area contributed by atoms with Crippen LogP contribution in [-0.4, -0.2) is 39.3 Å². The van der Waals surface area contributed by atoms with E-state index in [4.69, 9.17) is 23.7 Å². The second kappa shape index (κ2) is 10.3. The molecule has 0 fully saturated rings. The van der Waals surface area contributed by atoms with Crippen molar-refractivity contribution >= 4 is 17.9 Å². The summed E-state index contributed by atoms with van der Waals surface area (Å²) in [7, 11) is 4.81. The number of hydrogen-bond acceptors (Lipinski definition) is 6. The SMILES string of the molecule is COc1cc(OC)c([C@@H]2COc3c(ccc4c3C=CC(C)(C)O4)C2)cc1/C=C/C(=O)c1ccccc1OC. The van der Waals surface area contributed by atoms with Crippen LogP contribution in [0.2, 0.25) is 0 Å². The molecule has 6 nitrogen and oxygen atoms in total. The first-order chi connectivity index (χ1) is 18.3. The van der Waals surface area contributed by atoms with Crippen LogP contribution in [0, 0.1) is 0 Å². The van der Waals surface area contributed by atoms with Crippen molar-refractivity contribution in [3.8, 4) is 28.7 Å². The number of ether oxygens (including phenoxy) is 5. The molecule has 0 radical (unpaired) electrons. The number of allylic oxidation sites excluding steroid dienone is 1. The van der Waals surface area contributed by atoms with Crippen molar-refractivity contribution in [2.24, 2.45) is 0 Å². The molecular formula is C32H32O6. The molecule has 0 saturated carbocycles. The Kier molecular flexibility index (Phi) is 6.89. The van der Waals surface area contributed by atoms with Gasteiger partial charge >= 0.3 is 0 Å². The van der Waals surface area contributed by atoms with Gasteiger partial charge in [0.05, 0.1) is 39.1 Å². The van der Waals surface area contributed by atoms with Crippen molar-refractivity contribution in [2.45, 2.75) is 31.8 Å². The molecule has 0 saturated heterocycles. The lowest BCUT2D eigenvalue weighted by molar-refractivity contribution is 0.104. The quantitative estimate of drug-likeness (QED) is 0.266. The van der Waals surface area contributed by atoms with Crippen molar-refractivity contribution in [3.63, 3.8) is 0 Å². The Morgan fingerprint density at radius 1 is 0.974 bits per heavy atom. The van der Waals surface area contributed by atoms with Gasteiger partial charge in [0.1, 0.15) is 34.3 Å². The number of rotatable bonds is 7. The Morgan fingerprint density at radius 3 is 2.50 bits per heavy atom. The van der Waals surface area contributed by atoms with E-state index in [9.17, 15) is 4.79 Å². The molecule has 2 aliphatic heterocycles. The van der Waals surface area contributed by atoms with Gasteiger partial charge in [-0.3, -0.25) is 4.79 Å². The Bertz CT molecular complexity index is 1430. The number of para-hydroxylation sites is 1. The Balaban J connectivity index is 1.46. The third-order valence-corrected chi connectivity index (χ3v) is 6.97. The zero-order chi connectivity index (χ0) is 26.9. The van der Waals surface area contributed by atoms with Crippen LogP contribution < -0.4 is 23.7 Å². The van der Waals surface area contributed by atoms with Crippen molar-refractivity contribution in [3.05, 3.63) is 88.5 Å². The molecule has 0 amide bonds. The van der Waals surface area contributed by atoms with E-state index in [1.54, 1.807) is 45.6 Å². The third-order valence-electron chi connectivity index (χ3n) is 6.97. The molecule has 5 rings (SSSR count). The maximum atomic E-state index is 12.9. The van der Waals surface area contributed by atoms with Crippen LogP contribution in [0.5, 0.6) is 28.7 Å². The average Bonchev–Trinajstić information content (AvgIpc) is 2.94. The number of hydrogen-bond donors (Lipinski definition) is 0. The third kappa shape index (κ3) is 4.86. The topological polar surface area (TPSA) is 63.2 Å². The van der Waals surface area contributed by atoms with E-state index in [0.717, 1.165) is 45.9 Å². The number of fused-ring (bicyclic) bond motifs is 3. The molecule has 3 aromatic carbocycles. The molecule has 38 heavy (non-hydrogen) atoms. The molecule has 0 spiro atoms. The first kappa shape index (κ1) is 25.5. The molecule has 0 unspecified atom stereocenters. The summed E-state index contributed by atoms with van der Waals surface area (Å²) in [5.41, 5.74) is 4.04. The normalized spacial score (nSPS) is 17.1. The molecule has 2 aliphatic rings. The average molecular weight is 513 g/mol. The standard InChI is InChI=1S/C32H32O6/c1-32(2)15-14-24-28(38-32)13-11-21-16-22(19-37-31(21)24)25-17-20(29(35-4)18-30(25)36-5)10-12-26(33)23-8-6-7-9-27(23)34-3/h6-15,17-18,22H,16,19H2,1-5H3/b12-10+/t22-/m0/s1. The van der Waals surface area contributed by atoms with Crippen LogP contribution in [-0.2, 0) is 6.42 Å². The van der Waals surface area contributed by atoms with Crippen molar-refractivity contribution in [1.82, 2.24) is 0 Å². The zero-order valence-electron chi connectivity index (χ0n) is 22.4. The summed E-state index contributed by atoms with van der Waals surface area (Å²) in [5.74, 6) is 3.49. The predicted molar refractivity (Wildman–Crippen MR) is 148 cm³/mol. The second-order valence-corrected chi connectivity index (χ2v) is 9.95. The monoisotopic (exact) mass is 512 g/mol. The maximum absolute atomic E-state index is 12.9. The highest BCUT2D eigenvalue weighted by atomic mass is 16.5. The van der Waals surface area contributed by atoms with Crippen molar-refractivity contribution in [1.29, 1.82) is 0 Å². The van der Waals surface area contributed by atoms with Gasteiger partial charge in [-0.15, -0.1) is 0 Å². The van der Waals surface area contributed by atoms with Gasteiger partial charge < -0.3 is 23.7 Å². The summed E-state index contributed by atoms with van der Waals surface area (Å²) in [4.78, 5) is 12.9. The molecule has 3 aromatic rings. The van der Waals surface area contributed by atoms with Gasteiger partial charge in [0.2, 0.25) is 0 Å². The van der Waals surface area contributed by atoms with Gasteiger partial charge in [0.15, 0.2) is 5.78 Å². The van der Waals surface area contributed by atoms with E-state index in [-0.39, 0.29) is 17.3 Å². The fraction of sp³-hybridized carbons (Fsp3) is 0.281. The summed E-state index contributed by atoms with van der Waals surface area (Å²) < 4.78 is 29.2. The molecule has 0 bridgehead atoms. The predicted octanol–water partition coefficient (Wildman–Crippen LogP) is 6.51. The molecule has 0 N–H and O–H groups in total. The summed E-state index contributed by atoms with van der Waals surface area (Å²) >= 11 is 0. The highest BCUT2D eigenvalue weighted by Crippen LogP contribution is 2.45. The molecule has 0 aliphatic carbocycles. The number of ketones is 1. The van der Waals surface area contributed by atoms with Crippen LogP contribution in [0.4, 0.5) is 0 Å². The Hall–Kier alpha value is -4.19. The number of carbonyl (C=O) groups is 1. The van der Waals surface area contributed by atoms with Gasteiger partial charge in [-0.2, -0.15) is 0 Å². The molecule has 0 aromatic heterocycles. The van der Waals surface area contributed by atoms with Gasteiger partial charge in [-0.25, -0.2) is 0 Å². The maximum Gasteiger partial charge on any atom is 0.189 e. The first-order valence-electron chi connectivity index (χ1n) is 12.6. The van der Waals surface area contributed by atoms with Crippen molar-refractivity contribution < 1.29 is 28.5 Å². The van der Waals surface area contributed by atoms with E-state index in [0.29, 0.717) is 23.7 Å². The van der Waals surface area contributed by atoms with E-state index < -0.39 is 0 Å². The number of benzene rings is 3. The van der Waals surface area contributed by atoms with Crippen LogP contribution in [0.25, 0.3) is 12.2 Å². The van der Waals surface area contributed by atoms with Crippen LogP contribution in [0.3, 0.4) is 0 Å². The molecular weight excluding hydrogens is 480 g/mol. The molecule has 196 valence electrons. The van der Waals surface area contributed by atoms with Gasteiger partial charge in [-0.05, 0) is 74.4 Å². The minimum Gasteiger partial charge on any atom is -0.496 e. The lowest BCUT2D eigenvalue weighted by Gasteiger charge is -2.32.